The number of hydrogen-bond donors (Lipinski definition) is 2. The van der Waals surface area contributed by atoms with Crippen LogP contribution >= 0.6 is 24.0 Å². The van der Waals surface area contributed by atoms with Gasteiger partial charge in [-0.2, -0.15) is 0 Å². The molecule has 2 atom stereocenters. The highest BCUT2D eigenvalue weighted by atomic mass is 127. The van der Waals surface area contributed by atoms with Gasteiger partial charge in [-0.05, 0) is 42.2 Å². The third-order valence-corrected chi connectivity index (χ3v) is 6.00. The number of guanidine groups is 1. The van der Waals surface area contributed by atoms with E-state index in [4.69, 9.17) is 0 Å². The van der Waals surface area contributed by atoms with Crippen LogP contribution in [0.4, 0.5) is 4.39 Å². The zero-order chi connectivity index (χ0) is 19.6. The van der Waals surface area contributed by atoms with Crippen molar-refractivity contribution in [3.05, 3.63) is 65.0 Å². The fraction of sp³-hybridized carbons (Fsp3) is 0.350. The van der Waals surface area contributed by atoms with E-state index in [1.54, 1.807) is 32.2 Å². The SMILES string of the molecule is CN=C(NCc1ccc(S(C)(=O)=O)c(C)c1)NC1CC1c1ccccc1F.I. The van der Waals surface area contributed by atoms with Crippen LogP contribution in [-0.2, 0) is 16.4 Å². The van der Waals surface area contributed by atoms with Crippen LogP contribution in [0, 0.1) is 12.7 Å². The summed E-state index contributed by atoms with van der Waals surface area (Å²) in [6, 6.07) is 12.3. The first kappa shape index (κ1) is 22.6. The average Bonchev–Trinajstić information content (AvgIpc) is 3.36. The first-order valence-corrected chi connectivity index (χ1v) is 10.7. The fourth-order valence-electron chi connectivity index (χ4n) is 3.27. The molecule has 2 N–H and O–H groups in total. The minimum absolute atomic E-state index is 0. The Hall–Kier alpha value is -1.68. The highest BCUT2D eigenvalue weighted by Gasteiger charge is 2.40. The Morgan fingerprint density at radius 1 is 1.25 bits per heavy atom. The summed E-state index contributed by atoms with van der Waals surface area (Å²) in [5.41, 5.74) is 2.42. The van der Waals surface area contributed by atoms with Crippen LogP contribution in [0.15, 0.2) is 52.4 Å². The zero-order valence-electron chi connectivity index (χ0n) is 16.1. The summed E-state index contributed by atoms with van der Waals surface area (Å²) in [6.07, 6.45) is 2.07. The third kappa shape index (κ3) is 5.44. The Morgan fingerprint density at radius 3 is 2.57 bits per heavy atom. The van der Waals surface area contributed by atoms with Gasteiger partial charge in [0.15, 0.2) is 15.8 Å². The molecule has 0 spiro atoms. The first-order valence-electron chi connectivity index (χ1n) is 8.81. The van der Waals surface area contributed by atoms with E-state index >= 15 is 0 Å². The maximum absolute atomic E-state index is 13.9. The molecule has 152 valence electrons. The monoisotopic (exact) mass is 517 g/mol. The van der Waals surface area contributed by atoms with Crippen molar-refractivity contribution in [3.8, 4) is 0 Å². The molecule has 3 rings (SSSR count). The van der Waals surface area contributed by atoms with E-state index < -0.39 is 9.84 Å². The standard InChI is InChI=1S/C20H24FN3O2S.HI/c1-13-10-14(8-9-19(13)27(3,25)26)12-23-20(22-2)24-18-11-16(18)15-6-4-5-7-17(15)21;/h4-10,16,18H,11-12H2,1-3H3,(H2,22,23,24);1H. The second kappa shape index (κ2) is 9.21. The lowest BCUT2D eigenvalue weighted by Crippen LogP contribution is -2.38. The van der Waals surface area contributed by atoms with Gasteiger partial charge < -0.3 is 10.6 Å². The molecule has 8 heteroatoms. The lowest BCUT2D eigenvalue weighted by atomic mass is 10.1. The lowest BCUT2D eigenvalue weighted by molar-refractivity contribution is 0.601. The molecule has 1 aliphatic carbocycles. The zero-order valence-corrected chi connectivity index (χ0v) is 19.2. The number of sulfone groups is 1. The van der Waals surface area contributed by atoms with Crippen molar-refractivity contribution in [1.29, 1.82) is 0 Å². The quantitative estimate of drug-likeness (QED) is 0.363. The maximum atomic E-state index is 13.9. The molecule has 0 saturated heterocycles. The Kier molecular flexibility index (Phi) is 7.44. The van der Waals surface area contributed by atoms with E-state index in [0.717, 1.165) is 23.1 Å². The average molecular weight is 517 g/mol. The van der Waals surface area contributed by atoms with Crippen molar-refractivity contribution in [3.63, 3.8) is 0 Å². The molecule has 0 bridgehead atoms. The maximum Gasteiger partial charge on any atom is 0.191 e. The van der Waals surface area contributed by atoms with E-state index in [2.05, 4.69) is 15.6 Å². The van der Waals surface area contributed by atoms with Crippen molar-refractivity contribution in [2.75, 3.05) is 13.3 Å². The molecular formula is C20H25FIN3O2S. The van der Waals surface area contributed by atoms with Crippen LogP contribution in [-0.4, -0.2) is 33.7 Å². The van der Waals surface area contributed by atoms with Crippen molar-refractivity contribution in [2.24, 2.45) is 4.99 Å². The predicted octanol–water partition coefficient (Wildman–Crippen LogP) is 3.38. The third-order valence-electron chi connectivity index (χ3n) is 4.74. The van der Waals surface area contributed by atoms with Gasteiger partial charge in [0, 0.05) is 31.8 Å². The van der Waals surface area contributed by atoms with E-state index in [-0.39, 0.29) is 41.8 Å². The minimum atomic E-state index is -3.22. The smallest absolute Gasteiger partial charge is 0.191 e. The summed E-state index contributed by atoms with van der Waals surface area (Å²) in [4.78, 5) is 4.56. The van der Waals surface area contributed by atoms with Crippen molar-refractivity contribution in [1.82, 2.24) is 10.6 Å². The molecule has 2 aromatic carbocycles. The molecule has 0 aromatic heterocycles. The number of rotatable bonds is 5. The van der Waals surface area contributed by atoms with Gasteiger partial charge in [-0.15, -0.1) is 24.0 Å². The molecule has 0 amide bonds. The molecule has 2 aromatic rings. The molecule has 1 saturated carbocycles. The first-order chi connectivity index (χ1) is 12.8. The van der Waals surface area contributed by atoms with Gasteiger partial charge in [-0.3, -0.25) is 4.99 Å². The van der Waals surface area contributed by atoms with Crippen LogP contribution in [0.25, 0.3) is 0 Å². The second-order valence-corrected chi connectivity index (χ2v) is 8.90. The molecule has 28 heavy (non-hydrogen) atoms. The number of nitrogens with zero attached hydrogens (tertiary/aromatic N) is 1. The largest absolute Gasteiger partial charge is 0.353 e. The predicted molar refractivity (Wildman–Crippen MR) is 121 cm³/mol. The summed E-state index contributed by atoms with van der Waals surface area (Å²) in [5, 5.41) is 6.54. The number of aliphatic imine (C=N–C) groups is 1. The van der Waals surface area contributed by atoms with Gasteiger partial charge in [-0.1, -0.05) is 30.3 Å². The number of halogens is 2. The van der Waals surface area contributed by atoms with E-state index in [1.807, 2.05) is 18.2 Å². The van der Waals surface area contributed by atoms with Crippen molar-refractivity contribution < 1.29 is 12.8 Å². The van der Waals surface area contributed by atoms with Crippen molar-refractivity contribution >= 4 is 39.8 Å². The molecule has 1 fully saturated rings. The number of hydrogen-bond acceptors (Lipinski definition) is 3. The topological polar surface area (TPSA) is 70.6 Å². The molecule has 5 nitrogen and oxygen atoms in total. The van der Waals surface area contributed by atoms with Crippen LogP contribution in [0.2, 0.25) is 0 Å². The van der Waals surface area contributed by atoms with Gasteiger partial charge in [0.2, 0.25) is 0 Å². The molecule has 0 heterocycles. The summed E-state index contributed by atoms with van der Waals surface area (Å²) in [6.45, 7) is 2.30. The normalized spacial score (nSPS) is 18.9. The van der Waals surface area contributed by atoms with E-state index in [1.165, 1.54) is 12.3 Å². The van der Waals surface area contributed by atoms with Crippen LogP contribution in [0.5, 0.6) is 0 Å². The van der Waals surface area contributed by atoms with Gasteiger partial charge >= 0.3 is 0 Å². The van der Waals surface area contributed by atoms with Crippen LogP contribution in [0.1, 0.15) is 29.0 Å². The fourth-order valence-corrected chi connectivity index (χ4v) is 4.23. The Morgan fingerprint density at radius 2 is 1.96 bits per heavy atom. The second-order valence-electron chi connectivity index (χ2n) is 6.91. The highest BCUT2D eigenvalue weighted by Crippen LogP contribution is 2.41. The van der Waals surface area contributed by atoms with E-state index in [0.29, 0.717) is 17.4 Å². The summed E-state index contributed by atoms with van der Waals surface area (Å²) < 4.78 is 37.3. The van der Waals surface area contributed by atoms with Crippen LogP contribution < -0.4 is 10.6 Å². The lowest BCUT2D eigenvalue weighted by Gasteiger charge is -2.13. The Bertz CT molecular complexity index is 979. The molecular weight excluding hydrogens is 492 g/mol. The van der Waals surface area contributed by atoms with Gasteiger partial charge in [0.05, 0.1) is 4.90 Å². The van der Waals surface area contributed by atoms with Gasteiger partial charge in [0.25, 0.3) is 0 Å². The Labute approximate surface area is 182 Å². The van der Waals surface area contributed by atoms with Crippen molar-refractivity contribution in [2.45, 2.75) is 36.7 Å². The molecule has 2 unspecified atom stereocenters. The van der Waals surface area contributed by atoms with Gasteiger partial charge in [-0.25, -0.2) is 12.8 Å². The Balaban J connectivity index is 0.00000280. The summed E-state index contributed by atoms with van der Waals surface area (Å²) >= 11 is 0. The summed E-state index contributed by atoms with van der Waals surface area (Å²) in [7, 11) is -1.53. The molecule has 0 aliphatic heterocycles. The van der Waals surface area contributed by atoms with E-state index in [9.17, 15) is 12.8 Å². The molecule has 1 aliphatic rings. The number of aryl methyl sites for hydroxylation is 1. The minimum Gasteiger partial charge on any atom is -0.353 e. The number of benzene rings is 2. The highest BCUT2D eigenvalue weighted by molar-refractivity contribution is 14.0. The van der Waals surface area contributed by atoms with Gasteiger partial charge in [0.1, 0.15) is 5.82 Å². The van der Waals surface area contributed by atoms with Crippen LogP contribution in [0.3, 0.4) is 0 Å². The molecule has 0 radical (unpaired) electrons. The number of nitrogens with one attached hydrogen (secondary N) is 2. The summed E-state index contributed by atoms with van der Waals surface area (Å²) in [5.74, 6) is 0.626.